The third kappa shape index (κ3) is 3.71. The van der Waals surface area contributed by atoms with Crippen LogP contribution in [0.2, 0.25) is 0 Å². The van der Waals surface area contributed by atoms with Gasteiger partial charge in [0.05, 0.1) is 17.2 Å². The second-order valence-corrected chi connectivity index (χ2v) is 8.27. The first kappa shape index (κ1) is 19.5. The Labute approximate surface area is 184 Å². The lowest BCUT2D eigenvalue weighted by Crippen LogP contribution is -2.17. The van der Waals surface area contributed by atoms with Gasteiger partial charge in [0.25, 0.3) is 0 Å². The molecule has 31 heavy (non-hydrogen) atoms. The van der Waals surface area contributed by atoms with Crippen LogP contribution in [0.1, 0.15) is 22.7 Å². The molecule has 1 aromatic heterocycles. The Morgan fingerprint density at radius 3 is 2.19 bits per heavy atom. The number of fused-ring (bicyclic) bond motifs is 3. The van der Waals surface area contributed by atoms with Gasteiger partial charge in [-0.2, -0.15) is 0 Å². The first-order valence-electron chi connectivity index (χ1n) is 10.0. The minimum atomic E-state index is -0.556. The van der Waals surface area contributed by atoms with Crippen LogP contribution in [0.15, 0.2) is 78.9 Å². The number of hydrogen-bond donors (Lipinski definition) is 2. The maximum atomic E-state index is 12.5. The third-order valence-corrected chi connectivity index (χ3v) is 6.50. The molecule has 0 spiro atoms. The van der Waals surface area contributed by atoms with Gasteiger partial charge in [-0.05, 0) is 27.8 Å². The molecule has 0 radical (unpaired) electrons. The minimum Gasteiger partial charge on any atom is -0.448 e. The van der Waals surface area contributed by atoms with Crippen molar-refractivity contribution in [2.75, 3.05) is 11.9 Å². The first-order valence-corrected chi connectivity index (χ1v) is 10.8. The van der Waals surface area contributed by atoms with Crippen LogP contribution in [0.3, 0.4) is 0 Å². The van der Waals surface area contributed by atoms with Gasteiger partial charge in [-0.1, -0.05) is 90.2 Å². The zero-order chi connectivity index (χ0) is 21.2. The third-order valence-electron chi connectivity index (χ3n) is 5.44. The summed E-state index contributed by atoms with van der Waals surface area (Å²) in [6, 6.07) is 26.1. The second-order valence-electron chi connectivity index (χ2n) is 7.27. The van der Waals surface area contributed by atoms with Gasteiger partial charge in [-0.25, -0.2) is 9.78 Å². The molecule has 3 aromatic carbocycles. The molecule has 154 valence electrons. The topological polar surface area (TPSA) is 71.5 Å². The summed E-state index contributed by atoms with van der Waals surface area (Å²) in [6.45, 7) is 0.0384. The quantitative estimate of drug-likeness (QED) is 0.430. The Morgan fingerprint density at radius 1 is 0.935 bits per heavy atom. The highest BCUT2D eigenvalue weighted by Crippen LogP contribution is 2.44. The average molecular weight is 429 g/mol. The van der Waals surface area contributed by atoms with E-state index in [1.165, 1.54) is 33.6 Å². The number of nitrogens with zero attached hydrogens (tertiary/aromatic N) is 1. The molecule has 0 saturated carbocycles. The molecule has 0 bridgehead atoms. The fraction of sp³-hybridized carbons (Fsp3) is 0.120. The first-order chi connectivity index (χ1) is 15.2. The van der Waals surface area contributed by atoms with Gasteiger partial charge in [-0.3, -0.25) is 5.32 Å². The number of thiazole rings is 1. The SMILES string of the molecule is O=C(Nc1nc(CO)c(-c2ccccc2)s1)OCC1c2ccccc2-c2ccccc21. The number of hydrogen-bond acceptors (Lipinski definition) is 5. The van der Waals surface area contributed by atoms with E-state index in [-0.39, 0.29) is 19.1 Å². The van der Waals surface area contributed by atoms with Gasteiger partial charge < -0.3 is 9.84 Å². The molecule has 0 aliphatic heterocycles. The van der Waals surface area contributed by atoms with Gasteiger partial charge in [0, 0.05) is 5.92 Å². The summed E-state index contributed by atoms with van der Waals surface area (Å²) in [5, 5.41) is 12.8. The number of amides is 1. The molecule has 6 heteroatoms. The van der Waals surface area contributed by atoms with Gasteiger partial charge in [0.2, 0.25) is 0 Å². The fourth-order valence-corrected chi connectivity index (χ4v) is 5.01. The van der Waals surface area contributed by atoms with E-state index in [1.54, 1.807) is 0 Å². The number of benzene rings is 3. The molecular weight excluding hydrogens is 408 g/mol. The number of aliphatic hydroxyl groups is 1. The molecule has 1 heterocycles. The zero-order valence-electron chi connectivity index (χ0n) is 16.6. The monoisotopic (exact) mass is 428 g/mol. The predicted octanol–water partition coefficient (Wildman–Crippen LogP) is 5.66. The van der Waals surface area contributed by atoms with E-state index in [2.05, 4.69) is 34.6 Å². The van der Waals surface area contributed by atoms with Crippen LogP contribution >= 0.6 is 11.3 Å². The van der Waals surface area contributed by atoms with E-state index >= 15 is 0 Å². The summed E-state index contributed by atoms with van der Waals surface area (Å²) in [6.07, 6.45) is -0.556. The molecular formula is C25H20N2O3S. The summed E-state index contributed by atoms with van der Waals surface area (Å²) in [7, 11) is 0. The normalized spacial score (nSPS) is 12.3. The van der Waals surface area contributed by atoms with E-state index in [0.29, 0.717) is 10.8 Å². The number of anilines is 1. The molecule has 0 atom stereocenters. The van der Waals surface area contributed by atoms with Crippen LogP contribution in [0.4, 0.5) is 9.93 Å². The van der Waals surface area contributed by atoms with Crippen LogP contribution in [-0.4, -0.2) is 22.8 Å². The number of ether oxygens (including phenoxy) is 1. The molecule has 0 unspecified atom stereocenters. The number of aliphatic hydroxyl groups excluding tert-OH is 1. The maximum Gasteiger partial charge on any atom is 0.413 e. The number of carbonyl (C=O) groups excluding carboxylic acids is 1. The van der Waals surface area contributed by atoms with Crippen LogP contribution in [0, 0.1) is 0 Å². The highest BCUT2D eigenvalue weighted by atomic mass is 32.1. The van der Waals surface area contributed by atoms with Crippen molar-refractivity contribution in [1.29, 1.82) is 0 Å². The molecule has 1 aliphatic rings. The molecule has 1 aliphatic carbocycles. The predicted molar refractivity (Wildman–Crippen MR) is 122 cm³/mol. The van der Waals surface area contributed by atoms with Gasteiger partial charge in [0.15, 0.2) is 5.13 Å². The largest absolute Gasteiger partial charge is 0.448 e. The lowest BCUT2D eigenvalue weighted by Gasteiger charge is -2.14. The standard InChI is InChI=1S/C25H20N2O3S/c28-14-22-23(16-8-2-1-3-9-16)31-24(26-22)27-25(29)30-15-21-19-12-6-4-10-17(19)18-11-5-7-13-20(18)21/h1-13,21,28H,14-15H2,(H,26,27,29). The van der Waals surface area contributed by atoms with Gasteiger partial charge in [0.1, 0.15) is 6.61 Å². The van der Waals surface area contributed by atoms with Crippen LogP contribution in [0.5, 0.6) is 0 Å². The Bertz CT molecular complexity index is 1190. The molecule has 4 aromatic rings. The molecule has 2 N–H and O–H groups in total. The van der Waals surface area contributed by atoms with E-state index in [9.17, 15) is 9.90 Å². The van der Waals surface area contributed by atoms with E-state index < -0.39 is 6.09 Å². The van der Waals surface area contributed by atoms with Gasteiger partial charge >= 0.3 is 6.09 Å². The van der Waals surface area contributed by atoms with Crippen molar-refractivity contribution < 1.29 is 14.6 Å². The Hall–Kier alpha value is -3.48. The van der Waals surface area contributed by atoms with Crippen LogP contribution in [-0.2, 0) is 11.3 Å². The van der Waals surface area contributed by atoms with Crippen molar-refractivity contribution in [3.8, 4) is 21.6 Å². The number of nitrogens with one attached hydrogen (secondary N) is 1. The van der Waals surface area contributed by atoms with E-state index in [1.807, 2.05) is 54.6 Å². The lowest BCUT2D eigenvalue weighted by molar-refractivity contribution is 0.158. The van der Waals surface area contributed by atoms with Crippen LogP contribution < -0.4 is 5.32 Å². The Kier molecular flexibility index (Phi) is 5.24. The second kappa shape index (κ2) is 8.34. The average Bonchev–Trinajstić information content (AvgIpc) is 3.37. The summed E-state index contributed by atoms with van der Waals surface area (Å²) >= 11 is 1.32. The lowest BCUT2D eigenvalue weighted by atomic mass is 9.98. The molecule has 0 saturated heterocycles. The van der Waals surface area contributed by atoms with Crippen molar-refractivity contribution in [2.45, 2.75) is 12.5 Å². The van der Waals surface area contributed by atoms with Crippen molar-refractivity contribution in [2.24, 2.45) is 0 Å². The zero-order valence-corrected chi connectivity index (χ0v) is 17.4. The van der Waals surface area contributed by atoms with Crippen LogP contribution in [0.25, 0.3) is 21.6 Å². The fourth-order valence-electron chi connectivity index (χ4n) is 4.05. The maximum absolute atomic E-state index is 12.5. The summed E-state index contributed by atoms with van der Waals surface area (Å²) in [4.78, 5) is 17.7. The Morgan fingerprint density at radius 2 is 1.55 bits per heavy atom. The minimum absolute atomic E-state index is 0.00216. The highest BCUT2D eigenvalue weighted by molar-refractivity contribution is 7.19. The van der Waals surface area contributed by atoms with Crippen molar-refractivity contribution in [1.82, 2.24) is 4.98 Å². The molecule has 5 rings (SSSR count). The van der Waals surface area contributed by atoms with E-state index in [0.717, 1.165) is 10.4 Å². The molecule has 1 amide bonds. The van der Waals surface area contributed by atoms with Crippen molar-refractivity contribution in [3.05, 3.63) is 95.7 Å². The van der Waals surface area contributed by atoms with E-state index in [4.69, 9.17) is 4.74 Å². The summed E-state index contributed by atoms with van der Waals surface area (Å²) in [5.74, 6) is 0.00216. The molecule has 0 fully saturated rings. The highest BCUT2D eigenvalue weighted by Gasteiger charge is 2.29. The van der Waals surface area contributed by atoms with Crippen molar-refractivity contribution in [3.63, 3.8) is 0 Å². The van der Waals surface area contributed by atoms with Crippen molar-refractivity contribution >= 4 is 22.6 Å². The molecule has 5 nitrogen and oxygen atoms in total. The Balaban J connectivity index is 1.31. The van der Waals surface area contributed by atoms with Gasteiger partial charge in [-0.15, -0.1) is 0 Å². The summed E-state index contributed by atoms with van der Waals surface area (Å²) < 4.78 is 5.59. The smallest absolute Gasteiger partial charge is 0.413 e. The summed E-state index contributed by atoms with van der Waals surface area (Å²) in [5.41, 5.74) is 6.19. The number of rotatable bonds is 5. The number of carbonyl (C=O) groups is 1. The number of aromatic nitrogens is 1.